The van der Waals surface area contributed by atoms with Crippen molar-refractivity contribution in [3.05, 3.63) is 47.7 Å². The van der Waals surface area contributed by atoms with Crippen molar-refractivity contribution < 1.29 is 19.1 Å². The van der Waals surface area contributed by atoms with E-state index in [1.54, 1.807) is 39.4 Å². The van der Waals surface area contributed by atoms with Gasteiger partial charge in [0.1, 0.15) is 11.9 Å². The van der Waals surface area contributed by atoms with Gasteiger partial charge in [-0.25, -0.2) is 4.98 Å². The minimum absolute atomic E-state index is 0.0528. The Morgan fingerprint density at radius 2 is 1.91 bits per heavy atom. The molecular weight excluding hydrogens is 586 g/mol. The molecule has 0 aliphatic heterocycles. The number of likely N-dealkylation sites (N-methyl/N-ethyl adjacent to an activating group) is 2. The van der Waals surface area contributed by atoms with Gasteiger partial charge in [-0.3, -0.25) is 15.0 Å². The summed E-state index contributed by atoms with van der Waals surface area (Å²) in [5.41, 5.74) is 2.76. The number of aromatic nitrogens is 2. The summed E-state index contributed by atoms with van der Waals surface area (Å²) in [5.74, 6) is 6.94. The Morgan fingerprint density at radius 3 is 2.61 bits per heavy atom. The van der Waals surface area contributed by atoms with Crippen LogP contribution < -0.4 is 21.3 Å². The minimum Gasteiger partial charge on any atom is -0.481 e. The van der Waals surface area contributed by atoms with Crippen LogP contribution in [-0.4, -0.2) is 112 Å². The summed E-state index contributed by atoms with van der Waals surface area (Å²) >= 11 is 0. The number of hydrogen-bond donors (Lipinski definition) is 5. The van der Waals surface area contributed by atoms with Crippen molar-refractivity contribution in [2.75, 3.05) is 84.1 Å². The molecular formula is C33H49N9O4. The van der Waals surface area contributed by atoms with Crippen molar-refractivity contribution in [2.45, 2.75) is 39.2 Å². The molecule has 2 rings (SSSR count). The summed E-state index contributed by atoms with van der Waals surface area (Å²) in [6.45, 7) is 6.67. The lowest BCUT2D eigenvalue weighted by molar-refractivity contribution is -0.135. The maximum absolute atomic E-state index is 12.5. The highest BCUT2D eigenvalue weighted by Gasteiger charge is 2.20. The van der Waals surface area contributed by atoms with Crippen LogP contribution >= 0.6 is 0 Å². The summed E-state index contributed by atoms with van der Waals surface area (Å²) in [7, 11) is 8.56. The maximum atomic E-state index is 12.5. The van der Waals surface area contributed by atoms with E-state index in [4.69, 9.17) is 14.9 Å². The van der Waals surface area contributed by atoms with Crippen LogP contribution in [0.2, 0.25) is 0 Å². The molecule has 0 bridgehead atoms. The van der Waals surface area contributed by atoms with E-state index < -0.39 is 6.04 Å². The molecule has 1 atom stereocenters. The molecule has 0 unspecified atom stereocenters. The normalized spacial score (nSPS) is 11.4. The largest absolute Gasteiger partial charge is 0.481 e. The Balaban J connectivity index is 2.01. The van der Waals surface area contributed by atoms with Gasteiger partial charge in [-0.2, -0.15) is 4.98 Å². The first kappa shape index (κ1) is 37.5. The summed E-state index contributed by atoms with van der Waals surface area (Å²) in [6, 6.07) is 4.91. The van der Waals surface area contributed by atoms with Gasteiger partial charge in [-0.15, -0.1) is 0 Å². The van der Waals surface area contributed by atoms with Crippen molar-refractivity contribution in [3.63, 3.8) is 0 Å². The average molecular weight is 636 g/mol. The van der Waals surface area contributed by atoms with Gasteiger partial charge in [-0.1, -0.05) is 24.8 Å². The van der Waals surface area contributed by atoms with E-state index in [1.165, 1.54) is 18.1 Å². The number of carbonyl (C=O) groups excluding carboxylic acids is 2. The monoisotopic (exact) mass is 635 g/mol. The first-order chi connectivity index (χ1) is 22.1. The fraction of sp³-hybridized carbons (Fsp3) is 0.485. The summed E-state index contributed by atoms with van der Waals surface area (Å²) in [5, 5.41) is 20.8. The van der Waals surface area contributed by atoms with E-state index in [0.29, 0.717) is 62.0 Å². The molecule has 1 heterocycles. The molecule has 0 fully saturated rings. The SMILES string of the molecule is CCCNc1nc(Nc2ccc(C(=N)OC)c(NCCOC)c2)ncc1C#CCCCNC(=O)[C@H](C)N(C)C(=O)/C=C/CN(C)C. The quantitative estimate of drug-likeness (QED) is 0.0542. The Bertz CT molecular complexity index is 1380. The fourth-order valence-corrected chi connectivity index (χ4v) is 3.95. The van der Waals surface area contributed by atoms with Gasteiger partial charge in [0.05, 0.1) is 31.0 Å². The third-order valence-electron chi connectivity index (χ3n) is 6.72. The van der Waals surface area contributed by atoms with Crippen molar-refractivity contribution in [3.8, 4) is 11.8 Å². The number of nitrogens with zero attached hydrogens (tertiary/aromatic N) is 4. The topological polar surface area (TPSA) is 157 Å². The second kappa shape index (κ2) is 20.4. The lowest BCUT2D eigenvalue weighted by Crippen LogP contribution is -2.45. The Hall–Kier alpha value is -4.67. The zero-order chi connectivity index (χ0) is 33.9. The second-order valence-corrected chi connectivity index (χ2v) is 10.7. The zero-order valence-electron chi connectivity index (χ0n) is 28.1. The molecule has 2 aromatic rings. The van der Waals surface area contributed by atoms with Crippen LogP contribution in [0.25, 0.3) is 0 Å². The molecule has 0 aliphatic rings. The molecule has 0 saturated heterocycles. The Kier molecular flexibility index (Phi) is 16.6. The molecule has 0 saturated carbocycles. The zero-order valence-corrected chi connectivity index (χ0v) is 28.1. The van der Waals surface area contributed by atoms with E-state index in [-0.39, 0.29) is 17.7 Å². The van der Waals surface area contributed by atoms with Crippen LogP contribution in [0.1, 0.15) is 44.2 Å². The van der Waals surface area contributed by atoms with Crippen LogP contribution in [-0.2, 0) is 19.1 Å². The van der Waals surface area contributed by atoms with E-state index in [0.717, 1.165) is 24.3 Å². The molecule has 2 amide bonds. The van der Waals surface area contributed by atoms with Crippen LogP contribution in [0.3, 0.4) is 0 Å². The molecule has 13 nitrogen and oxygen atoms in total. The lowest BCUT2D eigenvalue weighted by atomic mass is 10.1. The molecule has 1 aromatic heterocycles. The first-order valence-electron chi connectivity index (χ1n) is 15.3. The number of ether oxygens (including phenoxy) is 2. The number of amides is 2. The lowest BCUT2D eigenvalue weighted by Gasteiger charge is -2.23. The van der Waals surface area contributed by atoms with Crippen LogP contribution in [0, 0.1) is 17.3 Å². The van der Waals surface area contributed by atoms with Crippen molar-refractivity contribution in [2.24, 2.45) is 0 Å². The highest BCUT2D eigenvalue weighted by molar-refractivity contribution is 5.98. The van der Waals surface area contributed by atoms with E-state index in [9.17, 15) is 9.59 Å². The predicted octanol–water partition coefficient (Wildman–Crippen LogP) is 3.28. The minimum atomic E-state index is -0.589. The third-order valence-corrected chi connectivity index (χ3v) is 6.72. The van der Waals surface area contributed by atoms with Gasteiger partial charge in [0, 0.05) is 64.2 Å². The van der Waals surface area contributed by atoms with Gasteiger partial charge in [0.25, 0.3) is 0 Å². The van der Waals surface area contributed by atoms with Crippen LogP contribution in [0.5, 0.6) is 0 Å². The number of unbranched alkanes of at least 4 members (excludes halogenated alkanes) is 1. The van der Waals surface area contributed by atoms with Gasteiger partial charge in [-0.05, 0) is 52.1 Å². The van der Waals surface area contributed by atoms with Gasteiger partial charge in [0.15, 0.2) is 0 Å². The average Bonchev–Trinajstić information content (AvgIpc) is 3.04. The molecule has 0 spiro atoms. The molecule has 46 heavy (non-hydrogen) atoms. The van der Waals surface area contributed by atoms with Gasteiger partial charge < -0.3 is 40.5 Å². The predicted molar refractivity (Wildman–Crippen MR) is 184 cm³/mol. The van der Waals surface area contributed by atoms with E-state index >= 15 is 0 Å². The number of anilines is 4. The van der Waals surface area contributed by atoms with Crippen molar-refractivity contribution >= 4 is 40.9 Å². The van der Waals surface area contributed by atoms with Crippen LogP contribution in [0.4, 0.5) is 23.1 Å². The summed E-state index contributed by atoms with van der Waals surface area (Å²) in [4.78, 5) is 37.4. The molecule has 250 valence electrons. The van der Waals surface area contributed by atoms with E-state index in [2.05, 4.69) is 50.0 Å². The Morgan fingerprint density at radius 1 is 1.13 bits per heavy atom. The van der Waals surface area contributed by atoms with E-state index in [1.807, 2.05) is 31.1 Å². The molecule has 0 aliphatic carbocycles. The first-order valence-corrected chi connectivity index (χ1v) is 15.3. The number of rotatable bonds is 18. The van der Waals surface area contributed by atoms with Crippen molar-refractivity contribution in [1.29, 1.82) is 5.41 Å². The number of methoxy groups -OCH3 is 2. The third kappa shape index (κ3) is 12.7. The number of nitrogens with one attached hydrogen (secondary N) is 5. The molecule has 1 aromatic carbocycles. The second-order valence-electron chi connectivity index (χ2n) is 10.7. The number of carbonyl (C=O) groups is 2. The molecule has 0 radical (unpaired) electrons. The standard InChI is InChI=1S/C33H49N9O4/c1-8-17-36-31-25(13-10-9-11-18-37-32(44)24(2)42(5)29(43)14-12-20-41(3)4)23-38-33(40-31)39-26-15-16-27(30(34)46-7)28(22-26)35-19-21-45-6/h12,14-16,22-24,34-35H,8-9,11,17-21H2,1-7H3,(H,37,44)(H2,36,38,39,40)/b14-12+,34-30?/t24-/m0/s1. The summed E-state index contributed by atoms with van der Waals surface area (Å²) < 4.78 is 10.3. The highest BCUT2D eigenvalue weighted by atomic mass is 16.5. The smallest absolute Gasteiger partial charge is 0.246 e. The van der Waals surface area contributed by atoms with Crippen LogP contribution in [0.15, 0.2) is 36.5 Å². The summed E-state index contributed by atoms with van der Waals surface area (Å²) in [6.07, 6.45) is 7.06. The van der Waals surface area contributed by atoms with Gasteiger partial charge in [0.2, 0.25) is 23.7 Å². The van der Waals surface area contributed by atoms with Gasteiger partial charge >= 0.3 is 0 Å². The van der Waals surface area contributed by atoms with Crippen molar-refractivity contribution in [1.82, 2.24) is 25.1 Å². The highest BCUT2D eigenvalue weighted by Crippen LogP contribution is 2.24. The fourth-order valence-electron chi connectivity index (χ4n) is 3.95. The maximum Gasteiger partial charge on any atom is 0.246 e. The number of hydrogen-bond acceptors (Lipinski definition) is 11. The molecule has 5 N–H and O–H groups in total. The Labute approximate surface area is 273 Å². The molecule has 13 heteroatoms. The number of benzene rings is 1.